The van der Waals surface area contributed by atoms with Gasteiger partial charge in [-0.25, -0.2) is 0 Å². The topological polar surface area (TPSA) is 62.9 Å². The lowest BCUT2D eigenvalue weighted by Gasteiger charge is -2.15. The molecule has 0 atom stereocenters. The summed E-state index contributed by atoms with van der Waals surface area (Å²) in [6.45, 7) is 6.99. The van der Waals surface area contributed by atoms with Crippen LogP contribution < -0.4 is 15.8 Å². The molecule has 1 aliphatic heterocycles. The summed E-state index contributed by atoms with van der Waals surface area (Å²) < 4.78 is 5.85. The predicted molar refractivity (Wildman–Crippen MR) is 117 cm³/mol. The van der Waals surface area contributed by atoms with E-state index in [2.05, 4.69) is 46.4 Å². The van der Waals surface area contributed by atoms with Gasteiger partial charge in [-0.05, 0) is 74.2 Å². The van der Waals surface area contributed by atoms with Gasteiger partial charge in [-0.15, -0.1) is 0 Å². The van der Waals surface area contributed by atoms with Crippen LogP contribution in [0.15, 0.2) is 53.5 Å². The Morgan fingerprint density at radius 1 is 1.11 bits per heavy atom. The van der Waals surface area contributed by atoms with Gasteiger partial charge in [0.25, 0.3) is 0 Å². The molecule has 0 saturated carbocycles. The van der Waals surface area contributed by atoms with Crippen LogP contribution in [0.2, 0.25) is 0 Å². The van der Waals surface area contributed by atoms with Gasteiger partial charge in [0.2, 0.25) is 0 Å². The minimum Gasteiger partial charge on any atom is -0.492 e. The number of anilines is 1. The van der Waals surface area contributed by atoms with Crippen molar-refractivity contribution in [2.45, 2.75) is 32.6 Å². The van der Waals surface area contributed by atoms with Crippen molar-refractivity contribution >= 4 is 11.6 Å². The summed E-state index contributed by atoms with van der Waals surface area (Å²) in [6.07, 6.45) is 4.50. The molecule has 5 heteroatoms. The summed E-state index contributed by atoms with van der Waals surface area (Å²) in [4.78, 5) is 6.89. The van der Waals surface area contributed by atoms with E-state index < -0.39 is 0 Å². The summed E-state index contributed by atoms with van der Waals surface area (Å²) in [7, 11) is 0. The van der Waals surface area contributed by atoms with E-state index in [1.54, 1.807) is 0 Å². The third-order valence-electron chi connectivity index (χ3n) is 5.09. The number of hydrogen-bond acceptors (Lipinski definition) is 3. The molecule has 3 N–H and O–H groups in total. The molecule has 5 nitrogen and oxygen atoms in total. The zero-order valence-corrected chi connectivity index (χ0v) is 16.9. The summed E-state index contributed by atoms with van der Waals surface area (Å²) in [6, 6.07) is 16.5. The van der Waals surface area contributed by atoms with Crippen LogP contribution >= 0.6 is 0 Å². The first kappa shape index (κ1) is 20.2. The average Bonchev–Trinajstić information content (AvgIpc) is 3.23. The van der Waals surface area contributed by atoms with Crippen LogP contribution in [0.4, 0.5) is 5.69 Å². The zero-order chi connectivity index (χ0) is 19.6. The van der Waals surface area contributed by atoms with Gasteiger partial charge in [0.1, 0.15) is 12.4 Å². The monoisotopic (exact) mass is 380 g/mol. The van der Waals surface area contributed by atoms with Crippen LogP contribution in [0.5, 0.6) is 5.75 Å². The first-order valence-corrected chi connectivity index (χ1v) is 10.3. The third-order valence-corrected chi connectivity index (χ3v) is 5.09. The summed E-state index contributed by atoms with van der Waals surface area (Å²) in [5.41, 5.74) is 9.50. The molecule has 3 rings (SSSR count). The summed E-state index contributed by atoms with van der Waals surface area (Å²) in [5, 5.41) is 3.16. The molecule has 2 aromatic carbocycles. The first-order valence-electron chi connectivity index (χ1n) is 10.3. The molecule has 0 bridgehead atoms. The fraction of sp³-hybridized carbons (Fsp3) is 0.435. The Labute approximate surface area is 168 Å². The van der Waals surface area contributed by atoms with Crippen LogP contribution in [0, 0.1) is 0 Å². The van der Waals surface area contributed by atoms with Crippen molar-refractivity contribution in [1.29, 1.82) is 0 Å². The van der Waals surface area contributed by atoms with Gasteiger partial charge >= 0.3 is 0 Å². The van der Waals surface area contributed by atoms with Gasteiger partial charge in [0.05, 0.1) is 0 Å². The largest absolute Gasteiger partial charge is 0.492 e. The SMILES string of the molecule is CCc1cccc(NC(N)=NCCc2ccc(OCCN3CCCC3)cc2)c1. The van der Waals surface area contributed by atoms with Crippen molar-refractivity contribution in [3.63, 3.8) is 0 Å². The number of nitrogens with two attached hydrogens (primary N) is 1. The zero-order valence-electron chi connectivity index (χ0n) is 16.9. The minimum atomic E-state index is 0.454. The molecule has 0 amide bonds. The maximum absolute atomic E-state index is 6.01. The van der Waals surface area contributed by atoms with Gasteiger partial charge in [-0.1, -0.05) is 31.2 Å². The Bertz CT molecular complexity index is 751. The molecule has 0 spiro atoms. The molecule has 1 aliphatic rings. The third kappa shape index (κ3) is 6.57. The van der Waals surface area contributed by atoms with Gasteiger partial charge in [-0.3, -0.25) is 9.89 Å². The number of guanidine groups is 1. The number of aryl methyl sites for hydroxylation is 1. The van der Waals surface area contributed by atoms with E-state index >= 15 is 0 Å². The Hall–Kier alpha value is -2.53. The Kier molecular flexibility index (Phi) is 7.73. The van der Waals surface area contributed by atoms with E-state index in [-0.39, 0.29) is 0 Å². The number of rotatable bonds is 9. The molecule has 1 fully saturated rings. The highest BCUT2D eigenvalue weighted by atomic mass is 16.5. The van der Waals surface area contributed by atoms with Gasteiger partial charge < -0.3 is 15.8 Å². The van der Waals surface area contributed by atoms with Crippen LogP contribution in [0.1, 0.15) is 30.9 Å². The van der Waals surface area contributed by atoms with E-state index in [1.807, 2.05) is 24.3 Å². The standard InChI is InChI=1S/C23H32N4O/c1-2-19-6-5-7-21(18-19)26-23(24)25-13-12-20-8-10-22(11-9-20)28-17-16-27-14-3-4-15-27/h5-11,18H,2-4,12-17H2,1H3,(H3,24,25,26). The lowest BCUT2D eigenvalue weighted by molar-refractivity contribution is 0.238. The Morgan fingerprint density at radius 3 is 2.64 bits per heavy atom. The van der Waals surface area contributed by atoms with Gasteiger partial charge in [0, 0.05) is 18.8 Å². The highest BCUT2D eigenvalue weighted by Gasteiger charge is 2.10. The highest BCUT2D eigenvalue weighted by molar-refractivity contribution is 5.92. The number of likely N-dealkylation sites (tertiary alicyclic amines) is 1. The lowest BCUT2D eigenvalue weighted by atomic mass is 10.1. The second-order valence-corrected chi connectivity index (χ2v) is 7.24. The molecule has 0 aromatic heterocycles. The number of ether oxygens (including phenoxy) is 1. The Morgan fingerprint density at radius 2 is 1.89 bits per heavy atom. The van der Waals surface area contributed by atoms with Crippen molar-refractivity contribution < 1.29 is 4.74 Å². The molecule has 0 unspecified atom stereocenters. The molecule has 28 heavy (non-hydrogen) atoms. The van der Waals surface area contributed by atoms with E-state index in [1.165, 1.54) is 37.1 Å². The quantitative estimate of drug-likeness (QED) is 0.514. The second-order valence-electron chi connectivity index (χ2n) is 7.24. The van der Waals surface area contributed by atoms with E-state index in [9.17, 15) is 0 Å². The number of nitrogens with zero attached hydrogens (tertiary/aromatic N) is 2. The molecule has 2 aromatic rings. The maximum Gasteiger partial charge on any atom is 0.193 e. The minimum absolute atomic E-state index is 0.454. The van der Waals surface area contributed by atoms with Crippen LogP contribution in [-0.4, -0.2) is 43.6 Å². The normalized spacial score (nSPS) is 15.0. The van der Waals surface area contributed by atoms with Crippen molar-refractivity contribution in [3.05, 3.63) is 59.7 Å². The second kappa shape index (κ2) is 10.7. The summed E-state index contributed by atoms with van der Waals surface area (Å²) in [5.74, 6) is 1.39. The highest BCUT2D eigenvalue weighted by Crippen LogP contribution is 2.14. The smallest absolute Gasteiger partial charge is 0.193 e. The molecular formula is C23H32N4O. The number of nitrogens with one attached hydrogen (secondary N) is 1. The molecule has 0 aliphatic carbocycles. The molecule has 1 saturated heterocycles. The van der Waals surface area contributed by atoms with E-state index in [4.69, 9.17) is 10.5 Å². The first-order chi connectivity index (χ1) is 13.7. The molecule has 1 heterocycles. The Balaban J connectivity index is 1.39. The van der Waals surface area contributed by atoms with Crippen molar-refractivity contribution in [3.8, 4) is 5.75 Å². The van der Waals surface area contributed by atoms with Crippen LogP contribution in [0.25, 0.3) is 0 Å². The van der Waals surface area contributed by atoms with Crippen molar-refractivity contribution in [2.24, 2.45) is 10.7 Å². The van der Waals surface area contributed by atoms with Gasteiger partial charge in [0.15, 0.2) is 5.96 Å². The number of benzene rings is 2. The summed E-state index contributed by atoms with van der Waals surface area (Å²) >= 11 is 0. The lowest BCUT2D eigenvalue weighted by Crippen LogP contribution is -2.25. The van der Waals surface area contributed by atoms with Crippen molar-refractivity contribution in [1.82, 2.24) is 4.90 Å². The maximum atomic E-state index is 6.01. The van der Waals surface area contributed by atoms with E-state index in [0.717, 1.165) is 37.4 Å². The number of hydrogen-bond donors (Lipinski definition) is 2. The van der Waals surface area contributed by atoms with Gasteiger partial charge in [-0.2, -0.15) is 0 Å². The molecule has 150 valence electrons. The van der Waals surface area contributed by atoms with Crippen LogP contribution in [0.3, 0.4) is 0 Å². The van der Waals surface area contributed by atoms with E-state index in [0.29, 0.717) is 12.5 Å². The average molecular weight is 381 g/mol. The number of aliphatic imine (C=N–C) groups is 1. The fourth-order valence-electron chi connectivity index (χ4n) is 3.41. The fourth-order valence-corrected chi connectivity index (χ4v) is 3.41. The van der Waals surface area contributed by atoms with Crippen molar-refractivity contribution in [2.75, 3.05) is 38.1 Å². The predicted octanol–water partition coefficient (Wildman–Crippen LogP) is 3.69. The van der Waals surface area contributed by atoms with Crippen LogP contribution in [-0.2, 0) is 12.8 Å². The molecule has 0 radical (unpaired) electrons. The molecular weight excluding hydrogens is 348 g/mol.